The number of nitrogens with one attached hydrogen (secondary N) is 2. The zero-order valence-corrected chi connectivity index (χ0v) is 17.9. The monoisotopic (exact) mass is 490 g/mol. The van der Waals surface area contributed by atoms with Crippen LogP contribution in [0.5, 0.6) is 0 Å². The third-order valence-electron chi connectivity index (χ3n) is 4.47. The Hall–Kier alpha value is -2.09. The highest BCUT2D eigenvalue weighted by Gasteiger charge is 2.29. The molecule has 0 aliphatic carbocycles. The number of sulfonamides is 1. The van der Waals surface area contributed by atoms with Crippen LogP contribution in [0.1, 0.15) is 25.0 Å². The van der Waals surface area contributed by atoms with Gasteiger partial charge in [0.1, 0.15) is 5.82 Å². The largest absolute Gasteiger partial charge is 0.364 e. The van der Waals surface area contributed by atoms with E-state index in [1.54, 1.807) is 0 Å². The van der Waals surface area contributed by atoms with Crippen LogP contribution in [0.4, 0.5) is 15.9 Å². The molecule has 1 aliphatic heterocycles. The number of anilines is 1. The van der Waals surface area contributed by atoms with Crippen LogP contribution in [0.3, 0.4) is 0 Å². The molecule has 1 fully saturated rings. The zero-order chi connectivity index (χ0) is 21.0. The van der Waals surface area contributed by atoms with Gasteiger partial charge in [0.05, 0.1) is 16.4 Å². The van der Waals surface area contributed by atoms with Crippen molar-refractivity contribution in [2.24, 2.45) is 4.99 Å². The highest BCUT2D eigenvalue weighted by atomic mass is 79.9. The lowest BCUT2D eigenvalue weighted by Gasteiger charge is -2.33. The number of hydrogen-bond acceptors (Lipinski definition) is 8. The first-order valence-electron chi connectivity index (χ1n) is 8.77. The summed E-state index contributed by atoms with van der Waals surface area (Å²) in [5, 5.41) is 20.0. The lowest BCUT2D eigenvalue weighted by molar-refractivity contribution is 0.234. The molecule has 10 nitrogen and oxygen atoms in total. The van der Waals surface area contributed by atoms with E-state index >= 15 is 0 Å². The third kappa shape index (κ3) is 5.29. The van der Waals surface area contributed by atoms with Crippen molar-refractivity contribution in [3.8, 4) is 0 Å². The lowest BCUT2D eigenvalue weighted by atomic mass is 10.1. The van der Waals surface area contributed by atoms with Crippen molar-refractivity contribution < 1.29 is 22.6 Å². The summed E-state index contributed by atoms with van der Waals surface area (Å²) >= 11 is 3.07. The van der Waals surface area contributed by atoms with Gasteiger partial charge in [-0.1, -0.05) is 6.42 Å². The minimum absolute atomic E-state index is 0.0733. The van der Waals surface area contributed by atoms with E-state index in [9.17, 15) is 18.0 Å². The summed E-state index contributed by atoms with van der Waals surface area (Å²) in [6.45, 7) is 0.758. The van der Waals surface area contributed by atoms with E-state index in [0.29, 0.717) is 18.7 Å². The molecule has 29 heavy (non-hydrogen) atoms. The highest BCUT2D eigenvalue weighted by molar-refractivity contribution is 9.10. The number of amidine groups is 1. The van der Waals surface area contributed by atoms with Crippen LogP contribution in [0.15, 0.2) is 32.3 Å². The molecular weight excluding hydrogens is 471 g/mol. The molecular formula is C16H20BrFN6O4S. The fourth-order valence-corrected chi connectivity index (χ4v) is 4.65. The maximum atomic E-state index is 13.4. The number of hydrogen-bond donors (Lipinski definition) is 3. The van der Waals surface area contributed by atoms with Gasteiger partial charge in [0, 0.05) is 19.1 Å². The predicted molar refractivity (Wildman–Crippen MR) is 107 cm³/mol. The van der Waals surface area contributed by atoms with E-state index in [-0.39, 0.29) is 34.4 Å². The molecule has 13 heteroatoms. The Bertz CT molecular complexity index is 999. The summed E-state index contributed by atoms with van der Waals surface area (Å²) in [7, 11) is -3.32. The number of halogens is 2. The van der Waals surface area contributed by atoms with Crippen LogP contribution < -0.4 is 10.8 Å². The van der Waals surface area contributed by atoms with Gasteiger partial charge in [-0.3, -0.25) is 10.7 Å². The topological polar surface area (TPSA) is 133 Å². The van der Waals surface area contributed by atoms with E-state index in [0.717, 1.165) is 12.8 Å². The van der Waals surface area contributed by atoms with Crippen molar-refractivity contribution >= 4 is 43.3 Å². The fourth-order valence-electron chi connectivity index (χ4n) is 3.10. The number of piperidine rings is 1. The number of rotatable bonds is 6. The van der Waals surface area contributed by atoms with Crippen molar-refractivity contribution in [3.05, 3.63) is 34.2 Å². The summed E-state index contributed by atoms with van der Waals surface area (Å²) in [5.41, 5.74) is 2.37. The Balaban J connectivity index is 1.78. The first-order chi connectivity index (χ1) is 13.8. The van der Waals surface area contributed by atoms with Crippen molar-refractivity contribution in [3.63, 3.8) is 0 Å². The van der Waals surface area contributed by atoms with E-state index in [4.69, 9.17) is 4.63 Å². The zero-order valence-electron chi connectivity index (χ0n) is 15.5. The van der Waals surface area contributed by atoms with E-state index in [1.807, 2.05) is 5.48 Å². The van der Waals surface area contributed by atoms with E-state index in [1.165, 1.54) is 28.8 Å². The number of aliphatic imine (C=N–C) groups is 1. The summed E-state index contributed by atoms with van der Waals surface area (Å²) in [6.07, 6.45) is 3.64. The van der Waals surface area contributed by atoms with Gasteiger partial charge in [0.15, 0.2) is 11.5 Å². The normalized spacial score (nSPS) is 18.6. The van der Waals surface area contributed by atoms with Crippen LogP contribution in [-0.4, -0.2) is 59.5 Å². The molecule has 1 saturated heterocycles. The second-order valence-electron chi connectivity index (χ2n) is 6.54. The van der Waals surface area contributed by atoms with Gasteiger partial charge < -0.3 is 5.32 Å². The first-order valence-corrected chi connectivity index (χ1v) is 11.4. The molecule has 2 aromatic rings. The average molecular weight is 491 g/mol. The molecule has 1 atom stereocenters. The van der Waals surface area contributed by atoms with Gasteiger partial charge in [-0.15, -0.1) is 0 Å². The smallest absolute Gasteiger partial charge is 0.211 e. The molecule has 0 bridgehead atoms. The Kier molecular flexibility index (Phi) is 6.82. The maximum Gasteiger partial charge on any atom is 0.211 e. The summed E-state index contributed by atoms with van der Waals surface area (Å²) in [4.78, 5) is 4.18. The minimum atomic E-state index is -3.32. The molecule has 2 heterocycles. The summed E-state index contributed by atoms with van der Waals surface area (Å²) < 4.78 is 43.8. The summed E-state index contributed by atoms with van der Waals surface area (Å²) in [6, 6.07) is 3.84. The van der Waals surface area contributed by atoms with Crippen molar-refractivity contribution in [2.75, 3.05) is 24.7 Å². The number of aromatic nitrogens is 2. The average Bonchev–Trinajstić information content (AvgIpc) is 3.15. The third-order valence-corrected chi connectivity index (χ3v) is 6.41. The van der Waals surface area contributed by atoms with E-state index in [2.05, 4.69) is 36.6 Å². The van der Waals surface area contributed by atoms with Gasteiger partial charge in [0.2, 0.25) is 15.8 Å². The molecule has 0 amide bonds. The van der Waals surface area contributed by atoms with Crippen LogP contribution in [0.25, 0.3) is 0 Å². The lowest BCUT2D eigenvalue weighted by Crippen LogP contribution is -2.46. The standard InChI is InChI=1S/C16H20BrFN6O4S/c1-29(26,27)24-7-3-2-4-11(24)9-19-15-14(22-28-23-15)16(21-25)20-10-5-6-13(18)12(17)8-10/h5-6,8,11,25H,2-4,7,9H2,1H3,(H,19,23)(H,20,21). The molecule has 1 aromatic heterocycles. The van der Waals surface area contributed by atoms with Crippen LogP contribution in [0.2, 0.25) is 0 Å². The fraction of sp³-hybridized carbons (Fsp3) is 0.438. The second kappa shape index (κ2) is 9.15. The van der Waals surface area contributed by atoms with Crippen LogP contribution in [0, 0.1) is 5.82 Å². The molecule has 3 N–H and O–H groups in total. The summed E-state index contributed by atoms with van der Waals surface area (Å²) in [5.74, 6) is -0.336. The molecule has 1 aromatic carbocycles. The van der Waals surface area contributed by atoms with Gasteiger partial charge in [0.25, 0.3) is 0 Å². The molecule has 1 unspecified atom stereocenters. The highest BCUT2D eigenvalue weighted by Crippen LogP contribution is 2.24. The van der Waals surface area contributed by atoms with Crippen molar-refractivity contribution in [1.29, 1.82) is 0 Å². The number of nitrogens with zero attached hydrogens (tertiary/aromatic N) is 4. The molecule has 0 saturated carbocycles. The molecule has 0 spiro atoms. The van der Waals surface area contributed by atoms with E-state index < -0.39 is 15.8 Å². The van der Waals surface area contributed by atoms with Gasteiger partial charge in [-0.2, -0.15) is 4.31 Å². The molecule has 3 rings (SSSR count). The predicted octanol–water partition coefficient (Wildman–Crippen LogP) is 2.25. The Morgan fingerprint density at radius 1 is 1.45 bits per heavy atom. The second-order valence-corrected chi connectivity index (χ2v) is 9.33. The first kappa shape index (κ1) is 21.6. The molecule has 1 aliphatic rings. The maximum absolute atomic E-state index is 13.4. The Morgan fingerprint density at radius 3 is 2.93 bits per heavy atom. The minimum Gasteiger partial charge on any atom is -0.364 e. The van der Waals surface area contributed by atoms with Gasteiger partial charge in [-0.05, 0) is 57.3 Å². The van der Waals surface area contributed by atoms with Crippen LogP contribution in [-0.2, 0) is 10.0 Å². The Labute approximate surface area is 175 Å². The quantitative estimate of drug-likeness (QED) is 0.319. The van der Waals surface area contributed by atoms with Crippen LogP contribution >= 0.6 is 15.9 Å². The number of hydroxylamine groups is 1. The molecule has 158 valence electrons. The van der Waals surface area contributed by atoms with Gasteiger partial charge >= 0.3 is 0 Å². The number of benzene rings is 1. The van der Waals surface area contributed by atoms with Crippen molar-refractivity contribution in [2.45, 2.75) is 25.3 Å². The van der Waals surface area contributed by atoms with Gasteiger partial charge in [-0.25, -0.2) is 22.4 Å². The SMILES string of the molecule is CS(=O)(=O)N1CCCCC1CNc1nonc1C(=Nc1ccc(F)c(Br)c1)NO. The molecule has 0 radical (unpaired) electrons. The van der Waals surface area contributed by atoms with Crippen molar-refractivity contribution in [1.82, 2.24) is 20.1 Å². The Morgan fingerprint density at radius 2 is 2.24 bits per heavy atom.